The number of fused-ring (bicyclic) bond motifs is 1. The van der Waals surface area contributed by atoms with Crippen LogP contribution in [0.2, 0.25) is 0 Å². The molecular formula is C6H10O. The van der Waals surface area contributed by atoms with E-state index in [4.69, 9.17) is 4.74 Å². The Morgan fingerprint density at radius 2 is 1.43 bits per heavy atom. The first kappa shape index (κ1) is 3.90. The molecule has 4 atom stereocenters. The van der Waals surface area contributed by atoms with Crippen LogP contribution in [0.5, 0.6) is 0 Å². The van der Waals surface area contributed by atoms with Gasteiger partial charge >= 0.3 is 0 Å². The highest BCUT2D eigenvalue weighted by atomic mass is 16.6. The minimum absolute atomic E-state index is 0.676. The summed E-state index contributed by atoms with van der Waals surface area (Å²) in [5.74, 6) is 1.70. The predicted molar refractivity (Wildman–Crippen MR) is 27.0 cm³/mol. The van der Waals surface area contributed by atoms with E-state index in [9.17, 15) is 0 Å². The van der Waals surface area contributed by atoms with Crippen molar-refractivity contribution < 1.29 is 4.74 Å². The fourth-order valence-corrected chi connectivity index (χ4v) is 1.44. The SMILES string of the molecule is C[C@@H]1[C@H](C)[C@H]2O[C@@H]12. The Balaban J connectivity index is 2.09. The molecule has 0 amide bonds. The highest BCUT2D eigenvalue weighted by Crippen LogP contribution is 2.50. The van der Waals surface area contributed by atoms with Crippen LogP contribution in [-0.2, 0) is 4.74 Å². The van der Waals surface area contributed by atoms with E-state index in [2.05, 4.69) is 13.8 Å². The zero-order valence-electron chi connectivity index (χ0n) is 4.72. The number of hydrogen-bond acceptors (Lipinski definition) is 1. The van der Waals surface area contributed by atoms with E-state index in [-0.39, 0.29) is 0 Å². The monoisotopic (exact) mass is 98.1 g/mol. The van der Waals surface area contributed by atoms with Crippen LogP contribution in [0.1, 0.15) is 13.8 Å². The molecule has 0 aromatic rings. The molecule has 0 radical (unpaired) electrons. The Hall–Kier alpha value is -0.0400. The molecule has 1 saturated carbocycles. The van der Waals surface area contributed by atoms with Gasteiger partial charge in [-0.1, -0.05) is 13.8 Å². The maximum absolute atomic E-state index is 5.25. The Bertz CT molecular complexity index is 88.4. The fourth-order valence-electron chi connectivity index (χ4n) is 1.44. The average molecular weight is 98.1 g/mol. The maximum Gasteiger partial charge on any atom is 0.0873 e. The standard InChI is InChI=1S/C6H10O/c1-3-4(2)6-5(3)7-6/h3-6H,1-2H3/t3-,4+,5+,6-. The van der Waals surface area contributed by atoms with E-state index >= 15 is 0 Å². The van der Waals surface area contributed by atoms with Gasteiger partial charge in [-0.25, -0.2) is 0 Å². The average Bonchev–Trinajstić information content (AvgIpc) is 2.39. The molecule has 2 rings (SSSR count). The first-order valence-electron chi connectivity index (χ1n) is 2.96. The topological polar surface area (TPSA) is 12.5 Å². The molecule has 1 saturated heterocycles. The lowest BCUT2D eigenvalue weighted by atomic mass is 9.77. The molecule has 1 aliphatic carbocycles. The molecule has 2 aliphatic rings. The lowest BCUT2D eigenvalue weighted by molar-refractivity contribution is 0.290. The Kier molecular flexibility index (Phi) is 0.487. The second kappa shape index (κ2) is 0.873. The summed E-state index contributed by atoms with van der Waals surface area (Å²) in [5.41, 5.74) is 0. The van der Waals surface area contributed by atoms with Crippen LogP contribution in [0, 0.1) is 11.8 Å². The van der Waals surface area contributed by atoms with Gasteiger partial charge < -0.3 is 4.74 Å². The van der Waals surface area contributed by atoms with Crippen LogP contribution in [0.3, 0.4) is 0 Å². The van der Waals surface area contributed by atoms with Gasteiger partial charge in [-0.2, -0.15) is 0 Å². The van der Waals surface area contributed by atoms with Crippen molar-refractivity contribution in [3.63, 3.8) is 0 Å². The third kappa shape index (κ3) is 0.290. The third-order valence-electron chi connectivity index (χ3n) is 2.43. The molecule has 40 valence electrons. The van der Waals surface area contributed by atoms with Crippen molar-refractivity contribution in [1.82, 2.24) is 0 Å². The van der Waals surface area contributed by atoms with Gasteiger partial charge in [0, 0.05) is 0 Å². The van der Waals surface area contributed by atoms with Gasteiger partial charge in [0.05, 0.1) is 12.2 Å². The molecular weight excluding hydrogens is 88.1 g/mol. The highest BCUT2D eigenvalue weighted by molar-refractivity contribution is 5.05. The number of rotatable bonds is 0. The molecule has 1 aliphatic heterocycles. The molecule has 7 heavy (non-hydrogen) atoms. The van der Waals surface area contributed by atoms with Crippen LogP contribution in [0.4, 0.5) is 0 Å². The van der Waals surface area contributed by atoms with Crippen molar-refractivity contribution in [2.75, 3.05) is 0 Å². The minimum atomic E-state index is 0.676. The predicted octanol–water partition coefficient (Wildman–Crippen LogP) is 1.04. The van der Waals surface area contributed by atoms with Crippen molar-refractivity contribution in [2.24, 2.45) is 11.8 Å². The lowest BCUT2D eigenvalue weighted by Crippen LogP contribution is -2.31. The summed E-state index contributed by atoms with van der Waals surface area (Å²) in [6.07, 6.45) is 1.35. The maximum atomic E-state index is 5.25. The van der Waals surface area contributed by atoms with Crippen molar-refractivity contribution in [3.8, 4) is 0 Å². The van der Waals surface area contributed by atoms with E-state index in [1.54, 1.807) is 0 Å². The van der Waals surface area contributed by atoms with E-state index in [1.807, 2.05) is 0 Å². The van der Waals surface area contributed by atoms with Gasteiger partial charge in [-0.05, 0) is 11.8 Å². The van der Waals surface area contributed by atoms with Crippen molar-refractivity contribution in [2.45, 2.75) is 26.1 Å². The van der Waals surface area contributed by atoms with Gasteiger partial charge in [0.1, 0.15) is 0 Å². The summed E-state index contributed by atoms with van der Waals surface area (Å²) in [7, 11) is 0. The normalized spacial score (nSPS) is 66.0. The summed E-state index contributed by atoms with van der Waals surface area (Å²) < 4.78 is 5.25. The molecule has 0 spiro atoms. The van der Waals surface area contributed by atoms with Crippen LogP contribution >= 0.6 is 0 Å². The van der Waals surface area contributed by atoms with Crippen molar-refractivity contribution in [3.05, 3.63) is 0 Å². The van der Waals surface area contributed by atoms with Gasteiger partial charge in [-0.15, -0.1) is 0 Å². The molecule has 0 aromatic carbocycles. The molecule has 1 heterocycles. The second-order valence-electron chi connectivity index (χ2n) is 2.78. The third-order valence-corrected chi connectivity index (χ3v) is 2.43. The smallest absolute Gasteiger partial charge is 0.0873 e. The molecule has 0 aromatic heterocycles. The zero-order valence-corrected chi connectivity index (χ0v) is 4.72. The van der Waals surface area contributed by atoms with E-state index in [1.165, 1.54) is 0 Å². The lowest BCUT2D eigenvalue weighted by Gasteiger charge is -2.23. The summed E-state index contributed by atoms with van der Waals surface area (Å²) in [6.45, 7) is 4.53. The van der Waals surface area contributed by atoms with Crippen molar-refractivity contribution in [1.29, 1.82) is 0 Å². The number of ether oxygens (including phenoxy) is 1. The van der Waals surface area contributed by atoms with Crippen LogP contribution in [0.15, 0.2) is 0 Å². The second-order valence-corrected chi connectivity index (χ2v) is 2.78. The number of hydrogen-bond donors (Lipinski definition) is 0. The fraction of sp³-hybridized carbons (Fsp3) is 1.00. The van der Waals surface area contributed by atoms with Crippen LogP contribution in [0.25, 0.3) is 0 Å². The molecule has 1 heteroatoms. The van der Waals surface area contributed by atoms with Crippen molar-refractivity contribution >= 4 is 0 Å². The zero-order chi connectivity index (χ0) is 5.02. The van der Waals surface area contributed by atoms with E-state index in [0.717, 1.165) is 11.8 Å². The largest absolute Gasteiger partial charge is 0.369 e. The molecule has 0 bridgehead atoms. The molecule has 0 N–H and O–H groups in total. The Morgan fingerprint density at radius 1 is 1.00 bits per heavy atom. The van der Waals surface area contributed by atoms with Gasteiger partial charge in [0.25, 0.3) is 0 Å². The summed E-state index contributed by atoms with van der Waals surface area (Å²) in [5, 5.41) is 0. The van der Waals surface area contributed by atoms with Gasteiger partial charge in [0.15, 0.2) is 0 Å². The summed E-state index contributed by atoms with van der Waals surface area (Å²) in [4.78, 5) is 0. The van der Waals surface area contributed by atoms with Crippen LogP contribution < -0.4 is 0 Å². The van der Waals surface area contributed by atoms with Crippen LogP contribution in [-0.4, -0.2) is 12.2 Å². The molecule has 2 fully saturated rings. The molecule has 0 unspecified atom stereocenters. The quantitative estimate of drug-likeness (QED) is 0.412. The Labute approximate surface area is 43.7 Å². The Morgan fingerprint density at radius 3 is 1.57 bits per heavy atom. The number of epoxide rings is 1. The molecule has 1 nitrogen and oxygen atoms in total. The first-order valence-corrected chi connectivity index (χ1v) is 2.96. The van der Waals surface area contributed by atoms with E-state index < -0.39 is 0 Å². The minimum Gasteiger partial charge on any atom is -0.369 e. The van der Waals surface area contributed by atoms with Gasteiger partial charge in [-0.3, -0.25) is 0 Å². The summed E-state index contributed by atoms with van der Waals surface area (Å²) in [6, 6.07) is 0. The summed E-state index contributed by atoms with van der Waals surface area (Å²) >= 11 is 0. The highest BCUT2D eigenvalue weighted by Gasteiger charge is 2.59. The van der Waals surface area contributed by atoms with E-state index in [0.29, 0.717) is 12.2 Å². The first-order chi connectivity index (χ1) is 3.30. The van der Waals surface area contributed by atoms with Gasteiger partial charge in [0.2, 0.25) is 0 Å².